The number of aromatic nitrogens is 2. The summed E-state index contributed by atoms with van der Waals surface area (Å²) in [6, 6.07) is 11.2. The summed E-state index contributed by atoms with van der Waals surface area (Å²) in [5.74, 6) is 2.26. The zero-order valence-electron chi connectivity index (χ0n) is 13.2. The molecular weight excluding hydrogens is 304 g/mol. The molecular formula is C18H18N4O2. The molecule has 3 atom stereocenters. The van der Waals surface area contributed by atoms with Crippen LogP contribution in [-0.2, 0) is 4.74 Å². The largest absolute Gasteiger partial charge is 0.493 e. The third-order valence-electron chi connectivity index (χ3n) is 4.70. The van der Waals surface area contributed by atoms with E-state index in [4.69, 9.17) is 14.7 Å². The summed E-state index contributed by atoms with van der Waals surface area (Å²) in [5.41, 5.74) is 0.612. The highest BCUT2D eigenvalue weighted by molar-refractivity contribution is 5.36. The summed E-state index contributed by atoms with van der Waals surface area (Å²) in [6.45, 7) is 3.03. The van der Waals surface area contributed by atoms with Gasteiger partial charge in [-0.3, -0.25) is 0 Å². The lowest BCUT2D eigenvalue weighted by Gasteiger charge is -2.19. The molecule has 122 valence electrons. The molecule has 0 spiro atoms. The second kappa shape index (κ2) is 6.46. The lowest BCUT2D eigenvalue weighted by atomic mass is 9.94. The van der Waals surface area contributed by atoms with Crippen molar-refractivity contribution in [2.75, 3.05) is 31.2 Å². The number of nitrogens with zero attached hydrogens (tertiary/aromatic N) is 4. The number of hydrogen-bond donors (Lipinski definition) is 0. The molecule has 0 bridgehead atoms. The average molecular weight is 322 g/mol. The van der Waals surface area contributed by atoms with Crippen LogP contribution in [0, 0.1) is 23.2 Å². The van der Waals surface area contributed by atoms with Crippen LogP contribution in [0.5, 0.6) is 5.75 Å². The summed E-state index contributed by atoms with van der Waals surface area (Å²) < 4.78 is 11.8. The van der Waals surface area contributed by atoms with E-state index in [0.717, 1.165) is 31.4 Å². The third-order valence-corrected chi connectivity index (χ3v) is 4.70. The number of ether oxygens (including phenoxy) is 2. The number of fused-ring (bicyclic) bond motifs is 1. The molecule has 0 saturated carbocycles. The van der Waals surface area contributed by atoms with Crippen LogP contribution < -0.4 is 9.64 Å². The molecule has 1 aromatic carbocycles. The van der Waals surface area contributed by atoms with Gasteiger partial charge in [-0.15, -0.1) is 0 Å². The topological polar surface area (TPSA) is 71.3 Å². The molecule has 1 aromatic heterocycles. The van der Waals surface area contributed by atoms with Gasteiger partial charge in [0.2, 0.25) is 5.95 Å². The van der Waals surface area contributed by atoms with E-state index in [-0.39, 0.29) is 6.10 Å². The van der Waals surface area contributed by atoms with Crippen molar-refractivity contribution in [2.24, 2.45) is 11.8 Å². The molecule has 2 fully saturated rings. The maximum Gasteiger partial charge on any atom is 0.225 e. The van der Waals surface area contributed by atoms with Crippen LogP contribution in [0.3, 0.4) is 0 Å². The minimum atomic E-state index is 0.216. The average Bonchev–Trinajstić information content (AvgIpc) is 3.22. The van der Waals surface area contributed by atoms with Gasteiger partial charge in [0.05, 0.1) is 31.0 Å². The minimum Gasteiger partial charge on any atom is -0.493 e. The van der Waals surface area contributed by atoms with E-state index in [0.29, 0.717) is 24.0 Å². The molecule has 6 heteroatoms. The first-order valence-corrected chi connectivity index (χ1v) is 8.10. The Morgan fingerprint density at radius 2 is 2.12 bits per heavy atom. The highest BCUT2D eigenvalue weighted by Crippen LogP contribution is 2.35. The van der Waals surface area contributed by atoms with E-state index in [9.17, 15) is 0 Å². The number of rotatable bonds is 4. The van der Waals surface area contributed by atoms with Gasteiger partial charge in [0.1, 0.15) is 5.75 Å². The van der Waals surface area contributed by atoms with Crippen molar-refractivity contribution < 1.29 is 9.47 Å². The first-order chi connectivity index (χ1) is 11.8. The van der Waals surface area contributed by atoms with Crippen LogP contribution in [0.15, 0.2) is 42.7 Å². The third kappa shape index (κ3) is 2.91. The van der Waals surface area contributed by atoms with Gasteiger partial charge in [0.15, 0.2) is 0 Å². The fraction of sp³-hybridized carbons (Fsp3) is 0.389. The van der Waals surface area contributed by atoms with Gasteiger partial charge in [-0.25, -0.2) is 9.97 Å². The Labute approximate surface area is 140 Å². The first-order valence-electron chi connectivity index (χ1n) is 8.10. The van der Waals surface area contributed by atoms with Crippen molar-refractivity contribution in [3.05, 3.63) is 48.3 Å². The Morgan fingerprint density at radius 1 is 1.25 bits per heavy atom. The number of benzene rings is 1. The predicted molar refractivity (Wildman–Crippen MR) is 87.6 cm³/mol. The molecule has 2 saturated heterocycles. The smallest absolute Gasteiger partial charge is 0.225 e. The maximum absolute atomic E-state index is 8.96. The summed E-state index contributed by atoms with van der Waals surface area (Å²) >= 11 is 0. The fourth-order valence-corrected chi connectivity index (χ4v) is 3.45. The van der Waals surface area contributed by atoms with Crippen LogP contribution in [0.25, 0.3) is 0 Å². The van der Waals surface area contributed by atoms with Crippen molar-refractivity contribution in [1.82, 2.24) is 9.97 Å². The molecule has 0 N–H and O–H groups in total. The van der Waals surface area contributed by atoms with E-state index >= 15 is 0 Å². The van der Waals surface area contributed by atoms with Gasteiger partial charge in [-0.05, 0) is 24.3 Å². The predicted octanol–water partition coefficient (Wildman–Crippen LogP) is 1.88. The molecule has 0 unspecified atom stereocenters. The molecule has 6 nitrogen and oxygen atoms in total. The molecule has 2 aliphatic rings. The maximum atomic E-state index is 8.96. The number of hydrogen-bond acceptors (Lipinski definition) is 6. The Kier molecular flexibility index (Phi) is 4.01. The highest BCUT2D eigenvalue weighted by Gasteiger charge is 2.44. The molecule has 0 radical (unpaired) electrons. The van der Waals surface area contributed by atoms with E-state index < -0.39 is 0 Å². The molecule has 24 heavy (non-hydrogen) atoms. The molecule has 3 heterocycles. The van der Waals surface area contributed by atoms with E-state index in [2.05, 4.69) is 20.9 Å². The second-order valence-corrected chi connectivity index (χ2v) is 6.20. The highest BCUT2D eigenvalue weighted by atomic mass is 16.5. The van der Waals surface area contributed by atoms with Gasteiger partial charge in [-0.1, -0.05) is 6.07 Å². The summed E-state index contributed by atoms with van der Waals surface area (Å²) in [7, 11) is 0. The summed E-state index contributed by atoms with van der Waals surface area (Å²) in [5, 5.41) is 8.96. The van der Waals surface area contributed by atoms with Crippen LogP contribution >= 0.6 is 0 Å². The van der Waals surface area contributed by atoms with Gasteiger partial charge >= 0.3 is 0 Å². The van der Waals surface area contributed by atoms with E-state index in [1.165, 1.54) is 0 Å². The molecule has 0 amide bonds. The van der Waals surface area contributed by atoms with Gasteiger partial charge < -0.3 is 14.4 Å². The van der Waals surface area contributed by atoms with Crippen LogP contribution in [-0.4, -0.2) is 42.4 Å². The first kappa shape index (κ1) is 14.9. The second-order valence-electron chi connectivity index (χ2n) is 6.20. The Hall–Kier alpha value is -2.65. The molecule has 2 aromatic rings. The standard InChI is InChI=1S/C18H18N4O2/c19-8-13-3-1-4-15(7-13)23-11-14-12-24-17-10-22(9-16(14)17)18-20-5-2-6-21-18/h1-7,14,16-17H,9-12H2/t14-,16-,17-/m1/s1. The van der Waals surface area contributed by atoms with Crippen LogP contribution in [0.2, 0.25) is 0 Å². The van der Waals surface area contributed by atoms with Crippen LogP contribution in [0.1, 0.15) is 5.56 Å². The van der Waals surface area contributed by atoms with Gasteiger partial charge in [-0.2, -0.15) is 5.26 Å². The zero-order valence-corrected chi connectivity index (χ0v) is 13.2. The minimum absolute atomic E-state index is 0.216. The monoisotopic (exact) mass is 322 g/mol. The molecule has 2 aliphatic heterocycles. The van der Waals surface area contributed by atoms with Crippen molar-refractivity contribution in [3.63, 3.8) is 0 Å². The fourth-order valence-electron chi connectivity index (χ4n) is 3.45. The Balaban J connectivity index is 1.38. The quantitative estimate of drug-likeness (QED) is 0.856. The lowest BCUT2D eigenvalue weighted by Crippen LogP contribution is -2.27. The van der Waals surface area contributed by atoms with Crippen molar-refractivity contribution in [2.45, 2.75) is 6.10 Å². The molecule has 0 aliphatic carbocycles. The van der Waals surface area contributed by atoms with E-state index in [1.54, 1.807) is 24.5 Å². The van der Waals surface area contributed by atoms with Crippen molar-refractivity contribution >= 4 is 5.95 Å². The Bertz CT molecular complexity index is 746. The number of anilines is 1. The van der Waals surface area contributed by atoms with Gasteiger partial charge in [0.25, 0.3) is 0 Å². The van der Waals surface area contributed by atoms with Crippen LogP contribution in [0.4, 0.5) is 5.95 Å². The van der Waals surface area contributed by atoms with Crippen molar-refractivity contribution in [3.8, 4) is 11.8 Å². The molecule has 4 rings (SSSR count). The Morgan fingerprint density at radius 3 is 2.96 bits per heavy atom. The van der Waals surface area contributed by atoms with Crippen molar-refractivity contribution in [1.29, 1.82) is 5.26 Å². The number of nitriles is 1. The summed E-state index contributed by atoms with van der Waals surface area (Å²) in [6.07, 6.45) is 3.74. The van der Waals surface area contributed by atoms with E-state index in [1.807, 2.05) is 18.2 Å². The summed E-state index contributed by atoms with van der Waals surface area (Å²) in [4.78, 5) is 10.8. The lowest BCUT2D eigenvalue weighted by molar-refractivity contribution is 0.108. The zero-order chi connectivity index (χ0) is 16.4. The normalized spacial score (nSPS) is 25.3. The SMILES string of the molecule is N#Cc1cccc(OC[C@@H]2CO[C@@H]3CN(c4ncccn4)C[C@H]23)c1. The van der Waals surface area contributed by atoms with Gasteiger partial charge in [0, 0.05) is 37.3 Å².